The Labute approximate surface area is 125 Å². The minimum atomic E-state index is -0.724. The lowest BCUT2D eigenvalue weighted by Crippen LogP contribution is -2.20. The van der Waals surface area contributed by atoms with Gasteiger partial charge in [-0.2, -0.15) is 4.68 Å². The normalized spacial score (nSPS) is 10.3. The van der Waals surface area contributed by atoms with Crippen LogP contribution in [0.15, 0.2) is 24.3 Å². The largest absolute Gasteiger partial charge is 0.491 e. The molecule has 0 aliphatic heterocycles. The van der Waals surface area contributed by atoms with E-state index >= 15 is 0 Å². The van der Waals surface area contributed by atoms with E-state index in [9.17, 15) is 19.7 Å². The molecule has 2 rings (SSSR count). The van der Waals surface area contributed by atoms with Crippen LogP contribution in [0.2, 0.25) is 0 Å². The molecule has 9 heteroatoms. The van der Waals surface area contributed by atoms with Crippen molar-refractivity contribution >= 4 is 23.3 Å². The van der Waals surface area contributed by atoms with Gasteiger partial charge in [0.25, 0.3) is 0 Å². The molecular formula is C13H13N5O4. The van der Waals surface area contributed by atoms with Crippen LogP contribution < -0.4 is 5.32 Å². The van der Waals surface area contributed by atoms with Crippen LogP contribution in [-0.4, -0.2) is 31.4 Å². The first kappa shape index (κ1) is 15.3. The molecule has 0 spiro atoms. The number of carbonyl (C=O) groups excluding carboxylic acids is 2. The number of hydrogen-bond donors (Lipinski definition) is 1. The zero-order valence-electron chi connectivity index (χ0n) is 11.9. The van der Waals surface area contributed by atoms with Gasteiger partial charge in [0.05, 0.1) is 0 Å². The van der Waals surface area contributed by atoms with Gasteiger partial charge < -0.3 is 15.4 Å². The molecule has 114 valence electrons. The summed E-state index contributed by atoms with van der Waals surface area (Å²) in [6.07, 6.45) is 0. The highest BCUT2D eigenvalue weighted by atomic mass is 16.6. The van der Waals surface area contributed by atoms with Gasteiger partial charge in [0.15, 0.2) is 5.78 Å². The predicted molar refractivity (Wildman–Crippen MR) is 76.5 cm³/mol. The van der Waals surface area contributed by atoms with Gasteiger partial charge in [0.1, 0.15) is 6.54 Å². The lowest BCUT2D eigenvalue weighted by atomic mass is 10.1. The minimum Gasteiger partial charge on any atom is -0.390 e. The lowest BCUT2D eigenvalue weighted by Gasteiger charge is -2.05. The number of amides is 1. The summed E-state index contributed by atoms with van der Waals surface area (Å²) < 4.78 is 1.14. The number of rotatable bonds is 5. The summed E-state index contributed by atoms with van der Waals surface area (Å²) in [6, 6.07) is 6.48. The summed E-state index contributed by atoms with van der Waals surface area (Å²) in [6.45, 7) is 2.74. The number of carbonyl (C=O) groups is 2. The number of benzene rings is 1. The van der Waals surface area contributed by atoms with Crippen LogP contribution in [0.3, 0.4) is 0 Å². The van der Waals surface area contributed by atoms with E-state index in [1.54, 1.807) is 24.3 Å². The standard InChI is InChI=1S/C13H13N5O4/c1-8(19)10-4-3-5-11(6-10)15-12(20)7-17-9(2)14-13(16-17)18(21)22/h3-6H,7H2,1-2H3,(H,15,20). The van der Waals surface area contributed by atoms with Gasteiger partial charge in [-0.25, -0.2) is 0 Å². The molecule has 0 saturated heterocycles. The van der Waals surface area contributed by atoms with Crippen LogP contribution in [0, 0.1) is 17.0 Å². The molecule has 0 aliphatic rings. The van der Waals surface area contributed by atoms with Crippen LogP contribution >= 0.6 is 0 Å². The Morgan fingerprint density at radius 3 is 2.73 bits per heavy atom. The Kier molecular flexibility index (Phi) is 4.25. The van der Waals surface area contributed by atoms with Gasteiger partial charge >= 0.3 is 5.95 Å². The highest BCUT2D eigenvalue weighted by Crippen LogP contribution is 2.12. The number of anilines is 1. The molecule has 1 aromatic heterocycles. The van der Waals surface area contributed by atoms with Gasteiger partial charge in [0.2, 0.25) is 11.7 Å². The van der Waals surface area contributed by atoms with Crippen molar-refractivity contribution in [3.05, 3.63) is 45.8 Å². The third-order valence-corrected chi connectivity index (χ3v) is 2.86. The number of aryl methyl sites for hydroxylation is 1. The number of aromatic nitrogens is 3. The van der Waals surface area contributed by atoms with Crippen molar-refractivity contribution in [2.75, 3.05) is 5.32 Å². The van der Waals surface area contributed by atoms with E-state index in [0.29, 0.717) is 11.3 Å². The second kappa shape index (κ2) is 6.12. The molecule has 22 heavy (non-hydrogen) atoms. The second-order valence-electron chi connectivity index (χ2n) is 4.56. The average Bonchev–Trinajstić information content (AvgIpc) is 2.80. The summed E-state index contributed by atoms with van der Waals surface area (Å²) in [5.74, 6) is -0.828. The van der Waals surface area contributed by atoms with Gasteiger partial charge in [-0.15, -0.1) is 0 Å². The van der Waals surface area contributed by atoms with Crippen molar-refractivity contribution in [1.82, 2.24) is 14.8 Å². The van der Waals surface area contributed by atoms with Crippen molar-refractivity contribution < 1.29 is 14.5 Å². The molecule has 1 N–H and O–H groups in total. The van der Waals surface area contributed by atoms with Crippen LogP contribution in [0.25, 0.3) is 0 Å². The summed E-state index contributed by atoms with van der Waals surface area (Å²) in [5, 5.41) is 16.8. The first-order valence-electron chi connectivity index (χ1n) is 6.33. The monoisotopic (exact) mass is 303 g/mol. The smallest absolute Gasteiger partial charge is 0.390 e. The van der Waals surface area contributed by atoms with Crippen LogP contribution in [0.4, 0.5) is 11.6 Å². The molecule has 0 saturated carbocycles. The third kappa shape index (κ3) is 3.51. The molecule has 9 nitrogen and oxygen atoms in total. The molecule has 0 atom stereocenters. The number of ketones is 1. The van der Waals surface area contributed by atoms with E-state index in [0.717, 1.165) is 4.68 Å². The van der Waals surface area contributed by atoms with Crippen molar-refractivity contribution in [1.29, 1.82) is 0 Å². The molecule has 0 bridgehead atoms. The van der Waals surface area contributed by atoms with Gasteiger partial charge in [-0.1, -0.05) is 12.1 Å². The number of hydrogen-bond acceptors (Lipinski definition) is 6. The highest BCUT2D eigenvalue weighted by molar-refractivity contribution is 5.97. The van der Waals surface area contributed by atoms with E-state index in [4.69, 9.17) is 0 Å². The van der Waals surface area contributed by atoms with Crippen molar-refractivity contribution in [3.63, 3.8) is 0 Å². The predicted octanol–water partition coefficient (Wildman–Crippen LogP) is 1.34. The molecule has 0 radical (unpaired) electrons. The number of nitrogens with one attached hydrogen (secondary N) is 1. The Morgan fingerprint density at radius 2 is 2.14 bits per heavy atom. The van der Waals surface area contributed by atoms with Gasteiger partial charge in [-0.3, -0.25) is 9.59 Å². The van der Waals surface area contributed by atoms with Crippen LogP contribution in [0.5, 0.6) is 0 Å². The fourth-order valence-electron chi connectivity index (χ4n) is 1.78. The topological polar surface area (TPSA) is 120 Å². The molecule has 1 amide bonds. The quantitative estimate of drug-likeness (QED) is 0.505. The minimum absolute atomic E-state index is 0.112. The van der Waals surface area contributed by atoms with Crippen LogP contribution in [0.1, 0.15) is 23.1 Å². The Hall–Kier alpha value is -3.10. The number of nitrogens with zero attached hydrogens (tertiary/aromatic N) is 4. The van der Waals surface area contributed by atoms with Gasteiger partial charge in [0, 0.05) is 23.3 Å². The second-order valence-corrected chi connectivity index (χ2v) is 4.56. The molecule has 0 fully saturated rings. The zero-order valence-corrected chi connectivity index (χ0v) is 11.9. The number of nitro groups is 1. The SMILES string of the molecule is CC(=O)c1cccc(NC(=O)Cn2nc([N+](=O)[O-])nc2C)c1. The van der Waals surface area contributed by atoms with E-state index in [-0.39, 0.29) is 18.2 Å². The maximum atomic E-state index is 11.9. The zero-order chi connectivity index (χ0) is 16.3. The third-order valence-electron chi connectivity index (χ3n) is 2.86. The number of Topliss-reactive ketones (excluding diaryl/α,β-unsaturated/α-hetero) is 1. The summed E-state index contributed by atoms with van der Waals surface area (Å²) in [4.78, 5) is 36.7. The summed E-state index contributed by atoms with van der Waals surface area (Å²) >= 11 is 0. The molecule has 1 heterocycles. The summed E-state index contributed by atoms with van der Waals surface area (Å²) in [7, 11) is 0. The van der Waals surface area contributed by atoms with Crippen LogP contribution in [-0.2, 0) is 11.3 Å². The van der Waals surface area contributed by atoms with E-state index < -0.39 is 16.8 Å². The Bertz CT molecular complexity index is 753. The molecule has 0 unspecified atom stereocenters. The Morgan fingerprint density at radius 1 is 1.41 bits per heavy atom. The average molecular weight is 303 g/mol. The highest BCUT2D eigenvalue weighted by Gasteiger charge is 2.20. The van der Waals surface area contributed by atoms with Crippen molar-refractivity contribution in [2.45, 2.75) is 20.4 Å². The summed E-state index contributed by atoms with van der Waals surface area (Å²) in [5.41, 5.74) is 0.940. The fraction of sp³-hybridized carbons (Fsp3) is 0.231. The molecule has 0 aliphatic carbocycles. The van der Waals surface area contributed by atoms with E-state index in [1.165, 1.54) is 13.8 Å². The first-order valence-corrected chi connectivity index (χ1v) is 6.33. The van der Waals surface area contributed by atoms with E-state index in [2.05, 4.69) is 15.4 Å². The molecule has 1 aromatic carbocycles. The fourth-order valence-corrected chi connectivity index (χ4v) is 1.78. The maximum absolute atomic E-state index is 11.9. The van der Waals surface area contributed by atoms with Crippen molar-refractivity contribution in [2.24, 2.45) is 0 Å². The first-order chi connectivity index (χ1) is 10.4. The lowest BCUT2D eigenvalue weighted by molar-refractivity contribution is -0.394. The molecular weight excluding hydrogens is 290 g/mol. The van der Waals surface area contributed by atoms with Crippen molar-refractivity contribution in [3.8, 4) is 0 Å². The van der Waals surface area contributed by atoms with E-state index in [1.807, 2.05) is 0 Å². The molecule has 2 aromatic rings. The maximum Gasteiger partial charge on any atom is 0.491 e. The van der Waals surface area contributed by atoms with Gasteiger partial charge in [-0.05, 0) is 29.0 Å². The Balaban J connectivity index is 2.09.